The fourth-order valence-electron chi connectivity index (χ4n) is 1.03. The van der Waals surface area contributed by atoms with Crippen LogP contribution in [-0.4, -0.2) is 30.0 Å². The number of carboxylic acid groups (broad SMARTS) is 1. The molecule has 6 nitrogen and oxygen atoms in total. The highest BCUT2D eigenvalue weighted by atomic mass is 16.5. The van der Waals surface area contributed by atoms with E-state index in [1.165, 1.54) is 18.3 Å². The third-order valence-electron chi connectivity index (χ3n) is 1.80. The van der Waals surface area contributed by atoms with Crippen LogP contribution in [0.2, 0.25) is 0 Å². The first-order valence-corrected chi connectivity index (χ1v) is 4.92. The van der Waals surface area contributed by atoms with Crippen molar-refractivity contribution in [2.24, 2.45) is 5.10 Å². The lowest BCUT2D eigenvalue weighted by atomic mass is 10.1. The van der Waals surface area contributed by atoms with Gasteiger partial charge in [0.15, 0.2) is 0 Å². The van der Waals surface area contributed by atoms with E-state index in [1.807, 2.05) is 0 Å². The van der Waals surface area contributed by atoms with Crippen molar-refractivity contribution in [2.45, 2.75) is 6.92 Å². The first kappa shape index (κ1) is 12.7. The molecule has 0 spiro atoms. The molecule has 0 heterocycles. The van der Waals surface area contributed by atoms with Crippen LogP contribution < -0.4 is 5.43 Å². The largest absolute Gasteiger partial charge is 0.478 e. The molecule has 0 bridgehead atoms. The van der Waals surface area contributed by atoms with Crippen LogP contribution in [0.1, 0.15) is 22.8 Å². The fraction of sp³-hybridized carbons (Fsp3) is 0.182. The molecule has 1 aromatic rings. The van der Waals surface area contributed by atoms with Gasteiger partial charge in [-0.3, -0.25) is 0 Å². The van der Waals surface area contributed by atoms with Gasteiger partial charge in [0.05, 0.1) is 18.4 Å². The molecule has 0 atom stereocenters. The molecule has 1 rings (SSSR count). The molecular formula is C11H12N2O4. The number of carbonyl (C=O) groups excluding carboxylic acids is 1. The van der Waals surface area contributed by atoms with E-state index in [0.29, 0.717) is 5.56 Å². The Morgan fingerprint density at radius 2 is 2.06 bits per heavy atom. The molecule has 2 N–H and O–H groups in total. The zero-order chi connectivity index (χ0) is 12.7. The summed E-state index contributed by atoms with van der Waals surface area (Å²) in [7, 11) is 0. The van der Waals surface area contributed by atoms with Crippen molar-refractivity contribution in [2.75, 3.05) is 6.61 Å². The van der Waals surface area contributed by atoms with Gasteiger partial charge >= 0.3 is 12.1 Å². The summed E-state index contributed by atoms with van der Waals surface area (Å²) in [6, 6.07) is 6.07. The Balaban J connectivity index is 2.54. The van der Waals surface area contributed by atoms with Gasteiger partial charge in [0, 0.05) is 0 Å². The maximum atomic E-state index is 10.9. The molecule has 90 valence electrons. The van der Waals surface area contributed by atoms with E-state index >= 15 is 0 Å². The minimum Gasteiger partial charge on any atom is -0.478 e. The second-order valence-corrected chi connectivity index (χ2v) is 3.02. The van der Waals surface area contributed by atoms with E-state index in [0.717, 1.165) is 0 Å². The summed E-state index contributed by atoms with van der Waals surface area (Å²) < 4.78 is 4.59. The average Bonchev–Trinajstić information content (AvgIpc) is 2.30. The summed E-state index contributed by atoms with van der Waals surface area (Å²) in [5, 5.41) is 12.3. The van der Waals surface area contributed by atoms with Crippen molar-refractivity contribution < 1.29 is 19.4 Å². The average molecular weight is 236 g/mol. The number of ether oxygens (including phenoxy) is 1. The molecule has 0 aliphatic rings. The van der Waals surface area contributed by atoms with Gasteiger partial charge in [-0.2, -0.15) is 5.10 Å². The van der Waals surface area contributed by atoms with Gasteiger partial charge in [-0.05, 0) is 24.6 Å². The number of carbonyl (C=O) groups is 2. The zero-order valence-electron chi connectivity index (χ0n) is 9.21. The minimum atomic E-state index is -0.988. The highest BCUT2D eigenvalue weighted by Crippen LogP contribution is 2.02. The molecule has 0 aromatic heterocycles. The van der Waals surface area contributed by atoms with Crippen molar-refractivity contribution in [3.8, 4) is 0 Å². The molecule has 0 aliphatic carbocycles. The highest BCUT2D eigenvalue weighted by molar-refractivity contribution is 5.89. The molecule has 1 aromatic carbocycles. The number of nitrogens with one attached hydrogen (secondary N) is 1. The van der Waals surface area contributed by atoms with Crippen LogP contribution in [0.4, 0.5) is 4.79 Å². The Morgan fingerprint density at radius 1 is 1.41 bits per heavy atom. The number of rotatable bonds is 4. The molecule has 6 heteroatoms. The second-order valence-electron chi connectivity index (χ2n) is 3.02. The maximum Gasteiger partial charge on any atom is 0.427 e. The van der Waals surface area contributed by atoms with Crippen LogP contribution in [0.3, 0.4) is 0 Å². The molecule has 0 fully saturated rings. The first-order chi connectivity index (χ1) is 8.13. The predicted molar refractivity (Wildman–Crippen MR) is 61.2 cm³/mol. The van der Waals surface area contributed by atoms with Gasteiger partial charge in [-0.15, -0.1) is 0 Å². The van der Waals surface area contributed by atoms with Crippen molar-refractivity contribution in [1.29, 1.82) is 0 Å². The van der Waals surface area contributed by atoms with Crippen LogP contribution in [0, 0.1) is 0 Å². The van der Waals surface area contributed by atoms with Gasteiger partial charge in [0.1, 0.15) is 0 Å². The lowest BCUT2D eigenvalue weighted by molar-refractivity contribution is 0.0697. The Morgan fingerprint density at radius 3 is 2.59 bits per heavy atom. The van der Waals surface area contributed by atoms with Crippen LogP contribution in [-0.2, 0) is 4.74 Å². The summed E-state index contributed by atoms with van der Waals surface area (Å²) in [4.78, 5) is 21.4. The Kier molecular flexibility index (Phi) is 4.68. The zero-order valence-corrected chi connectivity index (χ0v) is 9.21. The van der Waals surface area contributed by atoms with E-state index in [2.05, 4.69) is 15.3 Å². The number of benzene rings is 1. The summed E-state index contributed by atoms with van der Waals surface area (Å²) in [6.07, 6.45) is 0.758. The number of aromatic carboxylic acids is 1. The third kappa shape index (κ3) is 4.33. The molecule has 0 saturated heterocycles. The summed E-state index contributed by atoms with van der Waals surface area (Å²) in [5.74, 6) is -0.988. The van der Waals surface area contributed by atoms with Gasteiger partial charge in [0.25, 0.3) is 0 Å². The van der Waals surface area contributed by atoms with Crippen LogP contribution >= 0.6 is 0 Å². The van der Waals surface area contributed by atoms with Crippen molar-refractivity contribution in [3.63, 3.8) is 0 Å². The minimum absolute atomic E-state index is 0.195. The molecule has 0 radical (unpaired) electrons. The number of nitrogens with zero attached hydrogens (tertiary/aromatic N) is 1. The topological polar surface area (TPSA) is 88.0 Å². The number of hydrazone groups is 1. The van der Waals surface area contributed by atoms with Crippen molar-refractivity contribution >= 4 is 18.3 Å². The van der Waals surface area contributed by atoms with E-state index in [1.54, 1.807) is 19.1 Å². The molecule has 0 unspecified atom stereocenters. The summed E-state index contributed by atoms with van der Waals surface area (Å²) in [5.41, 5.74) is 3.03. The third-order valence-corrected chi connectivity index (χ3v) is 1.80. The fourth-order valence-corrected chi connectivity index (χ4v) is 1.03. The van der Waals surface area contributed by atoms with Crippen LogP contribution in [0.15, 0.2) is 29.4 Å². The molecule has 1 amide bonds. The quantitative estimate of drug-likeness (QED) is 0.612. The highest BCUT2D eigenvalue weighted by Gasteiger charge is 2.00. The lowest BCUT2D eigenvalue weighted by Gasteiger charge is -1.99. The van der Waals surface area contributed by atoms with Crippen LogP contribution in [0.25, 0.3) is 0 Å². The number of amides is 1. The maximum absolute atomic E-state index is 10.9. The van der Waals surface area contributed by atoms with Gasteiger partial charge < -0.3 is 9.84 Å². The van der Waals surface area contributed by atoms with E-state index in [-0.39, 0.29) is 12.2 Å². The summed E-state index contributed by atoms with van der Waals surface area (Å²) in [6.45, 7) is 1.96. The second kappa shape index (κ2) is 6.26. The van der Waals surface area contributed by atoms with Gasteiger partial charge in [0.2, 0.25) is 0 Å². The van der Waals surface area contributed by atoms with Crippen molar-refractivity contribution in [3.05, 3.63) is 35.4 Å². The number of hydrogen-bond acceptors (Lipinski definition) is 4. The first-order valence-electron chi connectivity index (χ1n) is 4.92. The van der Waals surface area contributed by atoms with Gasteiger partial charge in [-0.25, -0.2) is 15.0 Å². The number of hydrogen-bond donors (Lipinski definition) is 2. The molecular weight excluding hydrogens is 224 g/mol. The van der Waals surface area contributed by atoms with Crippen molar-refractivity contribution in [1.82, 2.24) is 5.43 Å². The molecule has 0 aliphatic heterocycles. The van der Waals surface area contributed by atoms with Crippen LogP contribution in [0.5, 0.6) is 0 Å². The molecule has 17 heavy (non-hydrogen) atoms. The summed E-state index contributed by atoms with van der Waals surface area (Å²) >= 11 is 0. The monoisotopic (exact) mass is 236 g/mol. The van der Waals surface area contributed by atoms with E-state index in [4.69, 9.17) is 5.11 Å². The Hall–Kier alpha value is -2.37. The lowest BCUT2D eigenvalue weighted by Crippen LogP contribution is -2.18. The Bertz CT molecular complexity index is 426. The Labute approximate surface area is 97.9 Å². The SMILES string of the molecule is CCOC(=O)N/N=C/c1ccc(C(=O)O)cc1. The predicted octanol–water partition coefficient (Wildman–Crippen LogP) is 1.46. The van der Waals surface area contributed by atoms with Gasteiger partial charge in [-0.1, -0.05) is 12.1 Å². The number of carboxylic acids is 1. The van der Waals surface area contributed by atoms with E-state index in [9.17, 15) is 9.59 Å². The smallest absolute Gasteiger partial charge is 0.427 e. The molecule has 0 saturated carbocycles. The standard InChI is InChI=1S/C11H12N2O4/c1-2-17-11(16)13-12-7-8-3-5-9(6-4-8)10(14)15/h3-7H,2H2,1H3,(H,13,16)(H,14,15)/b12-7+. The van der Waals surface area contributed by atoms with E-state index < -0.39 is 12.1 Å². The normalized spacial score (nSPS) is 10.2.